The van der Waals surface area contributed by atoms with Crippen LogP contribution in [0.2, 0.25) is 0 Å². The van der Waals surface area contributed by atoms with Crippen molar-refractivity contribution in [3.63, 3.8) is 0 Å². The summed E-state index contributed by atoms with van der Waals surface area (Å²) >= 11 is 0. The molecule has 0 atom stereocenters. The fourth-order valence-electron chi connectivity index (χ4n) is 1.28. The topological polar surface area (TPSA) is 93.0 Å². The van der Waals surface area contributed by atoms with Gasteiger partial charge < -0.3 is 9.94 Å². The molecule has 0 fully saturated rings. The molecule has 0 aliphatic rings. The number of esters is 1. The summed E-state index contributed by atoms with van der Waals surface area (Å²) in [7, 11) is -4.02. The summed E-state index contributed by atoms with van der Waals surface area (Å²) in [4.78, 5) is 11.3. The van der Waals surface area contributed by atoms with Gasteiger partial charge in [-0.1, -0.05) is 35.5 Å². The average molecular weight is 271 g/mol. The first-order valence-electron chi connectivity index (χ1n) is 5.17. The van der Waals surface area contributed by atoms with E-state index in [9.17, 15) is 13.2 Å². The van der Waals surface area contributed by atoms with Crippen molar-refractivity contribution in [2.45, 2.75) is 12.7 Å². The Bertz CT molecular complexity index is 536. The van der Waals surface area contributed by atoms with Crippen molar-refractivity contribution in [2.24, 2.45) is 5.16 Å². The Hall–Kier alpha value is -1.89. The highest BCUT2D eigenvalue weighted by molar-refractivity contribution is 8.07. The number of hydrogen-bond acceptors (Lipinski definition) is 6. The second kappa shape index (κ2) is 6.15. The van der Waals surface area contributed by atoms with Gasteiger partial charge in [0.25, 0.3) is 5.04 Å². The monoisotopic (exact) mass is 271 g/mol. The first-order chi connectivity index (χ1) is 8.51. The van der Waals surface area contributed by atoms with Gasteiger partial charge in [-0.05, 0) is 12.5 Å². The SMILES string of the molecule is CCOC(=O)/C(=N\O)S(=O)(=O)Cc1ccccc1. The zero-order chi connectivity index (χ0) is 13.6. The third kappa shape index (κ3) is 3.56. The number of ether oxygens (including phenoxy) is 1. The molecule has 0 radical (unpaired) electrons. The maximum absolute atomic E-state index is 11.9. The molecule has 0 aromatic heterocycles. The maximum atomic E-state index is 11.9. The number of carbonyl (C=O) groups excluding carboxylic acids is 1. The Morgan fingerprint density at radius 3 is 2.44 bits per heavy atom. The van der Waals surface area contributed by atoms with E-state index in [4.69, 9.17) is 5.21 Å². The van der Waals surface area contributed by atoms with E-state index < -0.39 is 26.6 Å². The molecule has 0 heterocycles. The Morgan fingerprint density at radius 1 is 1.33 bits per heavy atom. The molecule has 0 aliphatic carbocycles. The lowest BCUT2D eigenvalue weighted by molar-refractivity contribution is -0.134. The normalized spacial score (nSPS) is 12.2. The Morgan fingerprint density at radius 2 is 1.94 bits per heavy atom. The average Bonchev–Trinajstić information content (AvgIpc) is 2.30. The zero-order valence-corrected chi connectivity index (χ0v) is 10.6. The molecule has 1 rings (SSSR count). The minimum Gasteiger partial charge on any atom is -0.461 e. The van der Waals surface area contributed by atoms with Crippen molar-refractivity contribution in [1.82, 2.24) is 0 Å². The Kier molecular flexibility index (Phi) is 4.85. The fraction of sp³-hybridized carbons (Fsp3) is 0.273. The van der Waals surface area contributed by atoms with Crippen molar-refractivity contribution < 1.29 is 23.2 Å². The van der Waals surface area contributed by atoms with E-state index in [0.29, 0.717) is 5.56 Å². The molecule has 0 bridgehead atoms. The molecule has 0 amide bonds. The predicted molar refractivity (Wildman–Crippen MR) is 64.9 cm³/mol. The largest absolute Gasteiger partial charge is 0.461 e. The van der Waals surface area contributed by atoms with E-state index in [2.05, 4.69) is 9.89 Å². The van der Waals surface area contributed by atoms with Gasteiger partial charge in [0.1, 0.15) is 0 Å². The molecule has 0 unspecified atom stereocenters. The lowest BCUT2D eigenvalue weighted by Gasteiger charge is -2.05. The third-order valence-electron chi connectivity index (χ3n) is 2.03. The van der Waals surface area contributed by atoms with Crippen LogP contribution in [0.4, 0.5) is 0 Å². The van der Waals surface area contributed by atoms with Crippen LogP contribution >= 0.6 is 0 Å². The quantitative estimate of drug-likeness (QED) is 0.290. The summed E-state index contributed by atoms with van der Waals surface area (Å²) in [6.45, 7) is 1.52. The predicted octanol–water partition coefficient (Wildman–Crippen LogP) is 0.952. The van der Waals surface area contributed by atoms with Crippen LogP contribution in [0.1, 0.15) is 12.5 Å². The Balaban J connectivity index is 2.95. The number of oxime groups is 1. The van der Waals surface area contributed by atoms with Crippen molar-refractivity contribution >= 4 is 20.9 Å². The molecule has 1 aromatic carbocycles. The van der Waals surface area contributed by atoms with Crippen molar-refractivity contribution in [3.8, 4) is 0 Å². The molecule has 7 heteroatoms. The van der Waals surface area contributed by atoms with Crippen LogP contribution in [-0.4, -0.2) is 31.2 Å². The van der Waals surface area contributed by atoms with E-state index in [1.165, 1.54) is 6.92 Å². The molecule has 6 nitrogen and oxygen atoms in total. The van der Waals surface area contributed by atoms with Crippen LogP contribution < -0.4 is 0 Å². The van der Waals surface area contributed by atoms with E-state index in [0.717, 1.165) is 0 Å². The number of benzene rings is 1. The number of nitrogens with zero attached hydrogens (tertiary/aromatic N) is 1. The van der Waals surface area contributed by atoms with Crippen LogP contribution in [0, 0.1) is 0 Å². The third-order valence-corrected chi connectivity index (χ3v) is 3.59. The molecule has 0 saturated heterocycles. The highest BCUT2D eigenvalue weighted by Gasteiger charge is 2.29. The van der Waals surface area contributed by atoms with Crippen LogP contribution in [-0.2, 0) is 25.1 Å². The minimum absolute atomic E-state index is 0.00128. The van der Waals surface area contributed by atoms with Crippen molar-refractivity contribution in [3.05, 3.63) is 35.9 Å². The van der Waals surface area contributed by atoms with Gasteiger partial charge in [-0.15, -0.1) is 0 Å². The van der Waals surface area contributed by atoms with Gasteiger partial charge in [0.2, 0.25) is 9.84 Å². The van der Waals surface area contributed by atoms with Crippen LogP contribution in [0.5, 0.6) is 0 Å². The van der Waals surface area contributed by atoms with E-state index in [1.54, 1.807) is 30.3 Å². The summed E-state index contributed by atoms with van der Waals surface area (Å²) in [6, 6.07) is 8.27. The van der Waals surface area contributed by atoms with E-state index in [1.807, 2.05) is 0 Å². The summed E-state index contributed by atoms with van der Waals surface area (Å²) in [5.74, 6) is -1.58. The molecule has 98 valence electrons. The molecule has 1 N–H and O–H groups in total. The molecule has 0 aliphatic heterocycles. The fourth-order valence-corrected chi connectivity index (χ4v) is 2.49. The number of hydrogen-bond donors (Lipinski definition) is 1. The van der Waals surface area contributed by atoms with Gasteiger partial charge in [-0.25, -0.2) is 13.2 Å². The molecular weight excluding hydrogens is 258 g/mol. The lowest BCUT2D eigenvalue weighted by Crippen LogP contribution is -2.27. The first kappa shape index (κ1) is 14.2. The van der Waals surface area contributed by atoms with Gasteiger partial charge in [0.15, 0.2) is 0 Å². The molecule has 1 aromatic rings. The van der Waals surface area contributed by atoms with E-state index in [-0.39, 0.29) is 6.61 Å². The molecule has 0 spiro atoms. The number of carbonyl (C=O) groups is 1. The van der Waals surface area contributed by atoms with Gasteiger partial charge in [-0.3, -0.25) is 0 Å². The second-order valence-electron chi connectivity index (χ2n) is 3.37. The highest BCUT2D eigenvalue weighted by atomic mass is 32.2. The van der Waals surface area contributed by atoms with E-state index >= 15 is 0 Å². The summed E-state index contributed by atoms with van der Waals surface area (Å²) < 4.78 is 28.2. The maximum Gasteiger partial charge on any atom is 0.372 e. The summed E-state index contributed by atoms with van der Waals surface area (Å²) in [5.41, 5.74) is 0.489. The summed E-state index contributed by atoms with van der Waals surface area (Å²) in [5, 5.41) is 10.2. The van der Waals surface area contributed by atoms with Crippen LogP contribution in [0.25, 0.3) is 0 Å². The molecular formula is C11H13NO5S. The number of rotatable bonds is 3. The smallest absolute Gasteiger partial charge is 0.372 e. The zero-order valence-electron chi connectivity index (χ0n) is 9.74. The van der Waals surface area contributed by atoms with Crippen LogP contribution in [0.15, 0.2) is 35.5 Å². The highest BCUT2D eigenvalue weighted by Crippen LogP contribution is 2.08. The van der Waals surface area contributed by atoms with Gasteiger partial charge >= 0.3 is 5.97 Å². The summed E-state index contributed by atoms with van der Waals surface area (Å²) in [6.07, 6.45) is 0. The Labute approximate surface area is 105 Å². The van der Waals surface area contributed by atoms with Gasteiger partial charge in [-0.2, -0.15) is 0 Å². The van der Waals surface area contributed by atoms with Crippen LogP contribution in [0.3, 0.4) is 0 Å². The first-order valence-corrected chi connectivity index (χ1v) is 6.82. The lowest BCUT2D eigenvalue weighted by atomic mass is 10.2. The van der Waals surface area contributed by atoms with Crippen molar-refractivity contribution in [1.29, 1.82) is 0 Å². The standard InChI is InChI=1S/C11H13NO5S/c1-2-17-11(13)10(12-14)18(15,16)8-9-6-4-3-5-7-9/h3-7,14H,2,8H2,1H3/b12-10+. The van der Waals surface area contributed by atoms with Gasteiger partial charge in [0, 0.05) is 0 Å². The minimum atomic E-state index is -4.02. The number of sulfone groups is 1. The molecule has 18 heavy (non-hydrogen) atoms. The van der Waals surface area contributed by atoms with Crippen molar-refractivity contribution in [2.75, 3.05) is 6.61 Å². The second-order valence-corrected chi connectivity index (χ2v) is 5.28. The van der Waals surface area contributed by atoms with Gasteiger partial charge in [0.05, 0.1) is 12.4 Å². The molecule has 0 saturated carbocycles.